The van der Waals surface area contributed by atoms with Gasteiger partial charge in [-0.1, -0.05) is 30.3 Å². The second kappa shape index (κ2) is 6.06. The maximum absolute atomic E-state index is 13.6. The summed E-state index contributed by atoms with van der Waals surface area (Å²) in [5.41, 5.74) is -0.701. The Kier molecular flexibility index (Phi) is 4.87. The standard InChI is InChI=1S/C12H9F5O4/c13-8(12(16,17)21-10(20)9(18)19)6-11(14,15)7-4-2-1-3-5-7/h1-5,8H,6H2,(H,18,19). The third-order valence-corrected chi connectivity index (χ3v) is 2.40. The SMILES string of the molecule is O=C(O)C(=O)OC(F)(F)C(F)CC(F)(F)c1ccccc1. The van der Waals surface area contributed by atoms with Crippen LogP contribution in [0.25, 0.3) is 0 Å². The number of alkyl halides is 5. The van der Waals surface area contributed by atoms with Gasteiger partial charge in [0.05, 0.1) is 6.42 Å². The molecule has 0 saturated heterocycles. The molecule has 4 nitrogen and oxygen atoms in total. The Labute approximate surface area is 115 Å². The molecule has 0 spiro atoms. The zero-order valence-electron chi connectivity index (χ0n) is 10.2. The van der Waals surface area contributed by atoms with E-state index < -0.39 is 42.1 Å². The Hall–Kier alpha value is -2.19. The third-order valence-electron chi connectivity index (χ3n) is 2.40. The molecule has 1 aromatic rings. The summed E-state index contributed by atoms with van der Waals surface area (Å²) in [5.74, 6) is -8.78. The quantitative estimate of drug-likeness (QED) is 0.516. The highest BCUT2D eigenvalue weighted by molar-refractivity contribution is 6.28. The molecule has 0 fully saturated rings. The summed E-state index contributed by atoms with van der Waals surface area (Å²) in [7, 11) is 0. The molecule has 0 aliphatic rings. The van der Waals surface area contributed by atoms with Crippen molar-refractivity contribution in [3.63, 3.8) is 0 Å². The van der Waals surface area contributed by atoms with Gasteiger partial charge in [0.1, 0.15) is 0 Å². The van der Waals surface area contributed by atoms with Gasteiger partial charge in [0.15, 0.2) is 0 Å². The first kappa shape index (κ1) is 16.9. The van der Waals surface area contributed by atoms with Gasteiger partial charge in [0.2, 0.25) is 6.17 Å². The van der Waals surface area contributed by atoms with Gasteiger partial charge >= 0.3 is 18.0 Å². The molecule has 1 rings (SSSR count). The smallest absolute Gasteiger partial charge is 0.432 e. The number of ether oxygens (including phenoxy) is 1. The first-order chi connectivity index (χ1) is 9.56. The van der Waals surface area contributed by atoms with Gasteiger partial charge in [0.25, 0.3) is 5.92 Å². The number of halogens is 5. The highest BCUT2D eigenvalue weighted by atomic mass is 19.3. The molecule has 21 heavy (non-hydrogen) atoms. The summed E-state index contributed by atoms with van der Waals surface area (Å²) in [6.07, 6.45) is -10.5. The van der Waals surface area contributed by atoms with Crippen molar-refractivity contribution in [2.75, 3.05) is 0 Å². The van der Waals surface area contributed by atoms with E-state index in [1.54, 1.807) is 0 Å². The lowest BCUT2D eigenvalue weighted by Gasteiger charge is -2.23. The van der Waals surface area contributed by atoms with E-state index in [-0.39, 0.29) is 0 Å². The van der Waals surface area contributed by atoms with E-state index in [2.05, 4.69) is 4.74 Å². The van der Waals surface area contributed by atoms with Crippen molar-refractivity contribution in [2.45, 2.75) is 24.6 Å². The molecule has 0 aliphatic carbocycles. The number of hydrogen-bond acceptors (Lipinski definition) is 3. The average Bonchev–Trinajstić information content (AvgIpc) is 2.38. The monoisotopic (exact) mass is 312 g/mol. The predicted octanol–water partition coefficient (Wildman–Crippen LogP) is 2.73. The van der Waals surface area contributed by atoms with Crippen LogP contribution in [0.5, 0.6) is 0 Å². The van der Waals surface area contributed by atoms with Gasteiger partial charge in [-0.25, -0.2) is 22.8 Å². The lowest BCUT2D eigenvalue weighted by atomic mass is 10.0. The van der Waals surface area contributed by atoms with Crippen molar-refractivity contribution in [3.05, 3.63) is 35.9 Å². The fourth-order valence-electron chi connectivity index (χ4n) is 1.37. The van der Waals surface area contributed by atoms with Crippen molar-refractivity contribution in [1.82, 2.24) is 0 Å². The lowest BCUT2D eigenvalue weighted by Crippen LogP contribution is -2.40. The highest BCUT2D eigenvalue weighted by Crippen LogP contribution is 2.38. The Morgan fingerprint density at radius 2 is 1.67 bits per heavy atom. The fourth-order valence-corrected chi connectivity index (χ4v) is 1.37. The van der Waals surface area contributed by atoms with Gasteiger partial charge in [-0.05, 0) is 0 Å². The molecule has 0 aliphatic heterocycles. The normalized spacial score (nSPS) is 13.6. The lowest BCUT2D eigenvalue weighted by molar-refractivity contribution is -0.269. The molecule has 9 heteroatoms. The molecule has 0 aromatic heterocycles. The molecule has 0 radical (unpaired) electrons. The largest absolute Gasteiger partial charge is 0.473 e. The second-order valence-corrected chi connectivity index (χ2v) is 4.00. The molecular weight excluding hydrogens is 303 g/mol. The number of carbonyl (C=O) groups is 2. The van der Waals surface area contributed by atoms with E-state index in [4.69, 9.17) is 5.11 Å². The first-order valence-electron chi connectivity index (χ1n) is 5.48. The van der Waals surface area contributed by atoms with Crippen LogP contribution in [-0.4, -0.2) is 29.3 Å². The summed E-state index contributed by atoms with van der Waals surface area (Å²) in [4.78, 5) is 20.5. The fraction of sp³-hybridized carbons (Fsp3) is 0.333. The number of rotatable bonds is 5. The number of aliphatic carboxylic acids is 1. The Bertz CT molecular complexity index is 518. The minimum atomic E-state index is -4.98. The van der Waals surface area contributed by atoms with Crippen molar-refractivity contribution in [3.8, 4) is 0 Å². The zero-order valence-corrected chi connectivity index (χ0v) is 10.2. The molecule has 0 heterocycles. The minimum absolute atomic E-state index is 0.701. The maximum atomic E-state index is 13.6. The topological polar surface area (TPSA) is 63.6 Å². The third kappa shape index (κ3) is 4.40. The van der Waals surface area contributed by atoms with Crippen LogP contribution in [0.15, 0.2) is 30.3 Å². The zero-order chi connectivity index (χ0) is 16.3. The molecule has 1 unspecified atom stereocenters. The number of hydrogen-bond donors (Lipinski definition) is 1. The van der Waals surface area contributed by atoms with Crippen LogP contribution in [0.4, 0.5) is 22.0 Å². The van der Waals surface area contributed by atoms with E-state index in [0.717, 1.165) is 12.1 Å². The molecular formula is C12H9F5O4. The molecule has 0 saturated carbocycles. The maximum Gasteiger partial charge on any atom is 0.432 e. The van der Waals surface area contributed by atoms with E-state index in [0.29, 0.717) is 0 Å². The van der Waals surface area contributed by atoms with Crippen LogP contribution in [0, 0.1) is 0 Å². The Balaban J connectivity index is 2.81. The number of carboxylic acid groups (broad SMARTS) is 1. The van der Waals surface area contributed by atoms with Crippen molar-refractivity contribution in [1.29, 1.82) is 0 Å². The summed E-state index contributed by atoms with van der Waals surface area (Å²) in [6.45, 7) is 0. The molecule has 1 N–H and O–H groups in total. The first-order valence-corrected chi connectivity index (χ1v) is 5.48. The van der Waals surface area contributed by atoms with Crippen molar-refractivity contribution in [2.24, 2.45) is 0 Å². The number of carboxylic acids is 1. The van der Waals surface area contributed by atoms with Crippen LogP contribution in [0.3, 0.4) is 0 Å². The average molecular weight is 312 g/mol. The van der Waals surface area contributed by atoms with Gasteiger partial charge in [-0.15, -0.1) is 0 Å². The minimum Gasteiger partial charge on any atom is -0.473 e. The summed E-state index contributed by atoms with van der Waals surface area (Å²) in [6, 6.07) is 5.64. The van der Waals surface area contributed by atoms with Crippen LogP contribution in [0.1, 0.15) is 12.0 Å². The molecule has 0 amide bonds. The van der Waals surface area contributed by atoms with Gasteiger partial charge in [0, 0.05) is 5.56 Å². The summed E-state index contributed by atoms with van der Waals surface area (Å²) in [5, 5.41) is 8.06. The number of carbonyl (C=O) groups excluding carboxylic acids is 1. The molecule has 116 valence electrons. The van der Waals surface area contributed by atoms with Crippen LogP contribution >= 0.6 is 0 Å². The number of benzene rings is 1. The van der Waals surface area contributed by atoms with E-state index in [1.165, 1.54) is 18.2 Å². The van der Waals surface area contributed by atoms with E-state index >= 15 is 0 Å². The molecule has 0 bridgehead atoms. The highest BCUT2D eigenvalue weighted by Gasteiger charge is 2.51. The predicted molar refractivity (Wildman–Crippen MR) is 58.5 cm³/mol. The van der Waals surface area contributed by atoms with Gasteiger partial charge < -0.3 is 9.84 Å². The summed E-state index contributed by atoms with van der Waals surface area (Å²) < 4.78 is 69.7. The van der Waals surface area contributed by atoms with Crippen molar-refractivity contribution >= 4 is 11.9 Å². The van der Waals surface area contributed by atoms with E-state index in [9.17, 15) is 31.5 Å². The van der Waals surface area contributed by atoms with Crippen molar-refractivity contribution < 1.29 is 41.4 Å². The second-order valence-electron chi connectivity index (χ2n) is 4.00. The van der Waals surface area contributed by atoms with Crippen LogP contribution in [0.2, 0.25) is 0 Å². The number of esters is 1. The van der Waals surface area contributed by atoms with Gasteiger partial charge in [-0.2, -0.15) is 8.78 Å². The summed E-state index contributed by atoms with van der Waals surface area (Å²) >= 11 is 0. The van der Waals surface area contributed by atoms with Gasteiger partial charge in [-0.3, -0.25) is 0 Å². The van der Waals surface area contributed by atoms with Crippen LogP contribution < -0.4 is 0 Å². The molecule has 1 aromatic carbocycles. The van der Waals surface area contributed by atoms with Crippen LogP contribution in [-0.2, 0) is 20.2 Å². The Morgan fingerprint density at radius 3 is 2.14 bits per heavy atom. The van der Waals surface area contributed by atoms with E-state index in [1.807, 2.05) is 0 Å². The Morgan fingerprint density at radius 1 is 1.14 bits per heavy atom. The molecule has 1 atom stereocenters.